The average molecular weight is 321 g/mol. The van der Waals surface area contributed by atoms with Gasteiger partial charge in [-0.25, -0.2) is 0 Å². The van der Waals surface area contributed by atoms with Crippen molar-refractivity contribution in [3.63, 3.8) is 0 Å². The van der Waals surface area contributed by atoms with Crippen molar-refractivity contribution in [2.45, 2.75) is 32.9 Å². The van der Waals surface area contributed by atoms with E-state index in [4.69, 9.17) is 0 Å². The first-order valence-corrected chi connectivity index (χ1v) is 8.41. The van der Waals surface area contributed by atoms with Crippen LogP contribution >= 0.6 is 0 Å². The first-order chi connectivity index (χ1) is 11.8. The summed E-state index contributed by atoms with van der Waals surface area (Å²) in [4.78, 5) is 14.8. The van der Waals surface area contributed by atoms with E-state index in [9.17, 15) is 4.79 Å². The fraction of sp³-hybridized carbons (Fsp3) is 0.250. The van der Waals surface area contributed by atoms with E-state index in [1.165, 1.54) is 22.0 Å². The first kappa shape index (κ1) is 16.3. The van der Waals surface area contributed by atoms with Crippen LogP contribution in [0.3, 0.4) is 0 Å². The van der Waals surface area contributed by atoms with Crippen LogP contribution in [0.15, 0.2) is 54.7 Å². The molecule has 1 heterocycles. The van der Waals surface area contributed by atoms with E-state index < -0.39 is 0 Å². The molecule has 0 saturated carbocycles. The number of H-pyrrole nitrogens is 1. The number of nitrogens with one attached hydrogen (secondary N) is 3. The summed E-state index contributed by atoms with van der Waals surface area (Å²) in [6.07, 6.45) is 3.40. The third-order valence-electron chi connectivity index (χ3n) is 4.04. The lowest BCUT2D eigenvalue weighted by molar-refractivity contribution is -0.116. The van der Waals surface area contributed by atoms with E-state index >= 15 is 0 Å². The Morgan fingerprint density at radius 2 is 1.88 bits per heavy atom. The standard InChI is InChI=1S/C20H23N3O/c1-2-4-20(24)23-17-9-7-15(8-10-17)13-21-14-16-5-3-6-19-18(16)11-12-22-19/h3,5-12,21-22H,2,4,13-14H2,1H3,(H,23,24). The predicted octanol–water partition coefficient (Wildman–Crippen LogP) is 4.20. The second-order valence-corrected chi connectivity index (χ2v) is 5.95. The summed E-state index contributed by atoms with van der Waals surface area (Å²) in [6.45, 7) is 3.62. The number of carbonyl (C=O) groups is 1. The predicted molar refractivity (Wildman–Crippen MR) is 98.8 cm³/mol. The number of fused-ring (bicyclic) bond motifs is 1. The Morgan fingerprint density at radius 3 is 2.67 bits per heavy atom. The SMILES string of the molecule is CCCC(=O)Nc1ccc(CNCc2cccc3[nH]ccc23)cc1. The third-order valence-corrected chi connectivity index (χ3v) is 4.04. The number of amides is 1. The summed E-state index contributed by atoms with van der Waals surface area (Å²) < 4.78 is 0. The van der Waals surface area contributed by atoms with Gasteiger partial charge in [-0.3, -0.25) is 4.79 Å². The van der Waals surface area contributed by atoms with Crippen molar-refractivity contribution in [1.82, 2.24) is 10.3 Å². The van der Waals surface area contributed by atoms with E-state index in [0.29, 0.717) is 6.42 Å². The highest BCUT2D eigenvalue weighted by atomic mass is 16.1. The lowest BCUT2D eigenvalue weighted by Crippen LogP contribution is -2.13. The summed E-state index contributed by atoms with van der Waals surface area (Å²) in [7, 11) is 0. The molecule has 24 heavy (non-hydrogen) atoms. The molecule has 4 nitrogen and oxygen atoms in total. The largest absolute Gasteiger partial charge is 0.361 e. The lowest BCUT2D eigenvalue weighted by atomic mass is 10.1. The molecule has 0 unspecified atom stereocenters. The van der Waals surface area contributed by atoms with Gasteiger partial charge in [-0.05, 0) is 41.8 Å². The number of aromatic amines is 1. The first-order valence-electron chi connectivity index (χ1n) is 8.41. The van der Waals surface area contributed by atoms with Crippen molar-refractivity contribution in [3.8, 4) is 0 Å². The molecule has 0 saturated heterocycles. The van der Waals surface area contributed by atoms with Crippen LogP contribution in [-0.2, 0) is 17.9 Å². The minimum atomic E-state index is 0.0722. The number of aromatic nitrogens is 1. The molecule has 0 fully saturated rings. The molecule has 0 aliphatic heterocycles. The molecule has 124 valence electrons. The molecule has 0 aliphatic carbocycles. The Bertz CT molecular complexity index is 805. The smallest absolute Gasteiger partial charge is 0.224 e. The summed E-state index contributed by atoms with van der Waals surface area (Å²) in [5, 5.41) is 7.65. The van der Waals surface area contributed by atoms with E-state index in [0.717, 1.165) is 25.2 Å². The van der Waals surface area contributed by atoms with Gasteiger partial charge in [-0.2, -0.15) is 0 Å². The minimum absolute atomic E-state index is 0.0722. The van der Waals surface area contributed by atoms with E-state index in [-0.39, 0.29) is 5.91 Å². The molecule has 0 bridgehead atoms. The van der Waals surface area contributed by atoms with Crippen LogP contribution in [0.4, 0.5) is 5.69 Å². The molecule has 3 rings (SSSR count). The van der Waals surface area contributed by atoms with Crippen molar-refractivity contribution in [2.24, 2.45) is 0 Å². The molecule has 0 atom stereocenters. The Morgan fingerprint density at radius 1 is 1.04 bits per heavy atom. The maximum atomic E-state index is 11.6. The van der Waals surface area contributed by atoms with Crippen LogP contribution in [-0.4, -0.2) is 10.9 Å². The number of hydrogen-bond donors (Lipinski definition) is 3. The second-order valence-electron chi connectivity index (χ2n) is 5.95. The van der Waals surface area contributed by atoms with Crippen LogP contribution < -0.4 is 10.6 Å². The highest BCUT2D eigenvalue weighted by Crippen LogP contribution is 2.17. The summed E-state index contributed by atoms with van der Waals surface area (Å²) in [5.74, 6) is 0.0722. The van der Waals surface area contributed by atoms with Gasteiger partial charge in [-0.15, -0.1) is 0 Å². The molecule has 0 spiro atoms. The van der Waals surface area contributed by atoms with Gasteiger partial charge in [0.15, 0.2) is 0 Å². The van der Waals surface area contributed by atoms with Crippen LogP contribution in [0.1, 0.15) is 30.9 Å². The van der Waals surface area contributed by atoms with Crippen molar-refractivity contribution in [2.75, 3.05) is 5.32 Å². The fourth-order valence-corrected chi connectivity index (χ4v) is 2.80. The van der Waals surface area contributed by atoms with Crippen LogP contribution in [0, 0.1) is 0 Å². The van der Waals surface area contributed by atoms with Crippen molar-refractivity contribution in [3.05, 3.63) is 65.9 Å². The van der Waals surface area contributed by atoms with Gasteiger partial charge in [0.1, 0.15) is 0 Å². The van der Waals surface area contributed by atoms with E-state index in [2.05, 4.69) is 39.9 Å². The number of rotatable bonds is 7. The molecular formula is C20H23N3O. The molecule has 0 aliphatic rings. The maximum absolute atomic E-state index is 11.6. The van der Waals surface area contributed by atoms with Crippen molar-refractivity contribution in [1.29, 1.82) is 0 Å². The quantitative estimate of drug-likeness (QED) is 0.611. The molecule has 1 aromatic heterocycles. The van der Waals surface area contributed by atoms with Gasteiger partial charge >= 0.3 is 0 Å². The Balaban J connectivity index is 1.53. The van der Waals surface area contributed by atoms with Crippen molar-refractivity contribution < 1.29 is 4.79 Å². The van der Waals surface area contributed by atoms with Gasteiger partial charge in [0, 0.05) is 42.3 Å². The number of carbonyl (C=O) groups excluding carboxylic acids is 1. The van der Waals surface area contributed by atoms with Gasteiger partial charge in [0.05, 0.1) is 0 Å². The van der Waals surface area contributed by atoms with Crippen molar-refractivity contribution >= 4 is 22.5 Å². The molecular weight excluding hydrogens is 298 g/mol. The normalized spacial score (nSPS) is 10.9. The number of anilines is 1. The highest BCUT2D eigenvalue weighted by molar-refractivity contribution is 5.90. The Hall–Kier alpha value is -2.59. The van der Waals surface area contributed by atoms with Gasteiger partial charge in [0.2, 0.25) is 5.91 Å². The third kappa shape index (κ3) is 4.03. The monoisotopic (exact) mass is 321 g/mol. The average Bonchev–Trinajstić information content (AvgIpc) is 3.06. The van der Waals surface area contributed by atoms with E-state index in [1.807, 2.05) is 37.4 Å². The number of hydrogen-bond acceptors (Lipinski definition) is 2. The lowest BCUT2D eigenvalue weighted by Gasteiger charge is -2.08. The summed E-state index contributed by atoms with van der Waals surface area (Å²) in [5.41, 5.74) is 4.51. The molecule has 4 heteroatoms. The molecule has 2 aromatic carbocycles. The Labute approximate surface area is 142 Å². The highest BCUT2D eigenvalue weighted by Gasteiger charge is 2.03. The maximum Gasteiger partial charge on any atom is 0.224 e. The van der Waals surface area contributed by atoms with Gasteiger partial charge in [-0.1, -0.05) is 31.2 Å². The van der Waals surface area contributed by atoms with Gasteiger partial charge < -0.3 is 15.6 Å². The van der Waals surface area contributed by atoms with Crippen LogP contribution in [0.5, 0.6) is 0 Å². The molecule has 1 amide bonds. The summed E-state index contributed by atoms with van der Waals surface area (Å²) in [6, 6.07) is 16.4. The molecule has 0 radical (unpaired) electrons. The zero-order chi connectivity index (χ0) is 16.8. The molecule has 3 N–H and O–H groups in total. The zero-order valence-corrected chi connectivity index (χ0v) is 13.9. The van der Waals surface area contributed by atoms with Crippen LogP contribution in [0.2, 0.25) is 0 Å². The fourth-order valence-electron chi connectivity index (χ4n) is 2.80. The zero-order valence-electron chi connectivity index (χ0n) is 13.9. The summed E-state index contributed by atoms with van der Waals surface area (Å²) >= 11 is 0. The van der Waals surface area contributed by atoms with E-state index in [1.54, 1.807) is 0 Å². The Kier molecular flexibility index (Phi) is 5.29. The number of benzene rings is 2. The van der Waals surface area contributed by atoms with Gasteiger partial charge in [0.25, 0.3) is 0 Å². The second kappa shape index (κ2) is 7.79. The van der Waals surface area contributed by atoms with Crippen LogP contribution in [0.25, 0.3) is 10.9 Å². The topological polar surface area (TPSA) is 56.9 Å². The molecule has 3 aromatic rings. The minimum Gasteiger partial charge on any atom is -0.361 e.